The summed E-state index contributed by atoms with van der Waals surface area (Å²) in [5, 5.41) is 4.35. The van der Waals surface area contributed by atoms with E-state index < -0.39 is 0 Å². The minimum absolute atomic E-state index is 0.628. The van der Waals surface area contributed by atoms with Crippen LogP contribution in [0.4, 0.5) is 5.82 Å². The summed E-state index contributed by atoms with van der Waals surface area (Å²) in [5.41, 5.74) is 3.21. The maximum absolute atomic E-state index is 5.37. The van der Waals surface area contributed by atoms with Crippen LogP contribution in [0.3, 0.4) is 0 Å². The number of furan rings is 1. The molecule has 4 nitrogen and oxygen atoms in total. The van der Waals surface area contributed by atoms with E-state index >= 15 is 0 Å². The zero-order valence-corrected chi connectivity index (χ0v) is 11.3. The number of benzene rings is 1. The van der Waals surface area contributed by atoms with Crippen molar-refractivity contribution in [2.75, 3.05) is 12.4 Å². The van der Waals surface area contributed by atoms with Crippen LogP contribution in [0.5, 0.6) is 0 Å². The summed E-state index contributed by atoms with van der Waals surface area (Å²) in [5.74, 6) is 0.841. The van der Waals surface area contributed by atoms with Crippen molar-refractivity contribution in [2.24, 2.45) is 0 Å². The first-order valence-corrected chi connectivity index (χ1v) is 6.49. The van der Waals surface area contributed by atoms with Gasteiger partial charge in [0.25, 0.3) is 0 Å². The van der Waals surface area contributed by atoms with E-state index in [0.29, 0.717) is 6.61 Å². The van der Waals surface area contributed by atoms with Gasteiger partial charge in [-0.2, -0.15) is 0 Å². The Morgan fingerprint density at radius 1 is 1.20 bits per heavy atom. The number of nitrogens with one attached hydrogen (secondary N) is 1. The molecule has 0 aliphatic carbocycles. The molecule has 20 heavy (non-hydrogen) atoms. The van der Waals surface area contributed by atoms with Gasteiger partial charge in [0.15, 0.2) is 0 Å². The van der Waals surface area contributed by atoms with Crippen LogP contribution in [0.2, 0.25) is 0 Å². The second-order valence-electron chi connectivity index (χ2n) is 4.60. The lowest BCUT2D eigenvalue weighted by Crippen LogP contribution is -2.02. The molecule has 0 aliphatic rings. The Morgan fingerprint density at radius 3 is 3.00 bits per heavy atom. The first-order chi connectivity index (χ1) is 9.86. The molecule has 2 heterocycles. The largest absolute Gasteiger partial charge is 0.464 e. The highest BCUT2D eigenvalue weighted by Gasteiger charge is 2.04. The van der Waals surface area contributed by atoms with Crippen LogP contribution in [0.25, 0.3) is 11.0 Å². The van der Waals surface area contributed by atoms with E-state index in [9.17, 15) is 0 Å². The van der Waals surface area contributed by atoms with Crippen molar-refractivity contribution in [3.63, 3.8) is 0 Å². The molecule has 4 heteroatoms. The lowest BCUT2D eigenvalue weighted by atomic mass is 10.1. The fourth-order valence-electron chi connectivity index (χ4n) is 2.22. The van der Waals surface area contributed by atoms with Crippen molar-refractivity contribution < 1.29 is 9.15 Å². The van der Waals surface area contributed by atoms with E-state index in [-0.39, 0.29) is 0 Å². The smallest absolute Gasteiger partial charge is 0.139 e. The molecular weight excluding hydrogens is 252 g/mol. The molecule has 0 bridgehead atoms. The van der Waals surface area contributed by atoms with Crippen LogP contribution < -0.4 is 5.32 Å². The third-order valence-electron chi connectivity index (χ3n) is 3.14. The van der Waals surface area contributed by atoms with Crippen LogP contribution in [0.1, 0.15) is 11.1 Å². The number of fused-ring (bicyclic) bond motifs is 1. The van der Waals surface area contributed by atoms with Gasteiger partial charge >= 0.3 is 0 Å². The third kappa shape index (κ3) is 2.65. The van der Waals surface area contributed by atoms with E-state index in [1.165, 1.54) is 11.1 Å². The van der Waals surface area contributed by atoms with E-state index in [0.717, 1.165) is 23.3 Å². The third-order valence-corrected chi connectivity index (χ3v) is 3.14. The van der Waals surface area contributed by atoms with Gasteiger partial charge in [-0.05, 0) is 23.3 Å². The predicted octanol–water partition coefficient (Wildman–Crippen LogP) is 3.59. The maximum Gasteiger partial charge on any atom is 0.139 e. The highest BCUT2D eigenvalue weighted by Crippen LogP contribution is 2.22. The Labute approximate surface area is 117 Å². The first kappa shape index (κ1) is 12.7. The second kappa shape index (κ2) is 5.75. The molecule has 0 amide bonds. The van der Waals surface area contributed by atoms with Gasteiger partial charge in [-0.25, -0.2) is 4.98 Å². The van der Waals surface area contributed by atoms with Crippen molar-refractivity contribution >= 4 is 16.8 Å². The topological polar surface area (TPSA) is 47.3 Å². The van der Waals surface area contributed by atoms with Gasteiger partial charge in [0.05, 0.1) is 18.3 Å². The Balaban J connectivity index is 1.76. The molecule has 3 aromatic rings. The average molecular weight is 268 g/mol. The number of hydrogen-bond acceptors (Lipinski definition) is 4. The number of anilines is 1. The number of hydrogen-bond donors (Lipinski definition) is 1. The second-order valence-corrected chi connectivity index (χ2v) is 4.60. The van der Waals surface area contributed by atoms with Crippen LogP contribution in [0.15, 0.2) is 53.3 Å². The van der Waals surface area contributed by atoms with Crippen molar-refractivity contribution in [3.05, 3.63) is 60.0 Å². The number of pyridine rings is 1. The fraction of sp³-hybridized carbons (Fsp3) is 0.188. The Morgan fingerprint density at radius 2 is 2.10 bits per heavy atom. The molecule has 0 radical (unpaired) electrons. The summed E-state index contributed by atoms with van der Waals surface area (Å²) in [6, 6.07) is 12.1. The van der Waals surface area contributed by atoms with Crippen LogP contribution in [0, 0.1) is 0 Å². The van der Waals surface area contributed by atoms with Gasteiger partial charge in [-0.15, -0.1) is 0 Å². The van der Waals surface area contributed by atoms with Gasteiger partial charge in [0.2, 0.25) is 0 Å². The Bertz CT molecular complexity index is 706. The fourth-order valence-corrected chi connectivity index (χ4v) is 2.22. The van der Waals surface area contributed by atoms with Gasteiger partial charge in [-0.3, -0.25) is 0 Å². The molecule has 102 valence electrons. The lowest BCUT2D eigenvalue weighted by Gasteiger charge is -2.08. The molecule has 0 unspecified atom stereocenters. The molecule has 0 aliphatic heterocycles. The summed E-state index contributed by atoms with van der Waals surface area (Å²) in [4.78, 5) is 4.36. The van der Waals surface area contributed by atoms with Crippen molar-refractivity contribution in [3.8, 4) is 0 Å². The lowest BCUT2D eigenvalue weighted by molar-refractivity contribution is 0.185. The first-order valence-electron chi connectivity index (χ1n) is 6.49. The minimum Gasteiger partial charge on any atom is -0.464 e. The monoisotopic (exact) mass is 268 g/mol. The quantitative estimate of drug-likeness (QED) is 0.768. The Hall–Kier alpha value is -2.33. The van der Waals surface area contributed by atoms with Crippen LogP contribution in [-0.4, -0.2) is 12.1 Å². The number of aromatic nitrogens is 1. The van der Waals surface area contributed by atoms with Gasteiger partial charge in [0.1, 0.15) is 11.4 Å². The normalized spacial score (nSPS) is 10.8. The predicted molar refractivity (Wildman–Crippen MR) is 78.5 cm³/mol. The molecule has 1 N–H and O–H groups in total. The molecule has 3 rings (SSSR count). The number of rotatable bonds is 5. The zero-order chi connectivity index (χ0) is 13.8. The maximum atomic E-state index is 5.37. The highest BCUT2D eigenvalue weighted by molar-refractivity contribution is 5.87. The molecule has 0 spiro atoms. The molecule has 0 fully saturated rings. The summed E-state index contributed by atoms with van der Waals surface area (Å²) < 4.78 is 10.5. The van der Waals surface area contributed by atoms with E-state index in [2.05, 4.69) is 28.5 Å². The number of methoxy groups -OCH3 is 1. The number of nitrogens with zero attached hydrogens (tertiary/aromatic N) is 1. The van der Waals surface area contributed by atoms with E-state index in [1.807, 2.05) is 18.2 Å². The van der Waals surface area contributed by atoms with Gasteiger partial charge < -0.3 is 14.5 Å². The molecule has 0 saturated carbocycles. The van der Waals surface area contributed by atoms with Crippen molar-refractivity contribution in [2.45, 2.75) is 13.2 Å². The summed E-state index contributed by atoms with van der Waals surface area (Å²) in [6.07, 6.45) is 3.42. The highest BCUT2D eigenvalue weighted by atomic mass is 16.5. The van der Waals surface area contributed by atoms with Crippen molar-refractivity contribution in [1.29, 1.82) is 0 Å². The van der Waals surface area contributed by atoms with Gasteiger partial charge in [-0.1, -0.05) is 24.3 Å². The van der Waals surface area contributed by atoms with Crippen LogP contribution >= 0.6 is 0 Å². The van der Waals surface area contributed by atoms with Crippen LogP contribution in [-0.2, 0) is 17.9 Å². The standard InChI is InChI=1S/C16H16N2O2/c1-19-11-13-4-2-3-12(9-13)10-18-16-14-6-8-20-15(14)5-7-17-16/h2-9H,10-11H2,1H3,(H,17,18). The molecule has 1 aromatic carbocycles. The Kier molecular flexibility index (Phi) is 3.65. The molecule has 0 atom stereocenters. The molecule has 2 aromatic heterocycles. The minimum atomic E-state index is 0.628. The zero-order valence-electron chi connectivity index (χ0n) is 11.3. The summed E-state index contributed by atoms with van der Waals surface area (Å²) in [6.45, 7) is 1.35. The number of ether oxygens (including phenoxy) is 1. The van der Waals surface area contributed by atoms with E-state index in [4.69, 9.17) is 9.15 Å². The van der Waals surface area contributed by atoms with Crippen molar-refractivity contribution in [1.82, 2.24) is 4.98 Å². The SMILES string of the molecule is COCc1cccc(CNc2nccc3occc23)c1. The van der Waals surface area contributed by atoms with Gasteiger partial charge in [0, 0.05) is 19.9 Å². The summed E-state index contributed by atoms with van der Waals surface area (Å²) in [7, 11) is 1.70. The average Bonchev–Trinajstić information content (AvgIpc) is 2.95. The molecular formula is C16H16N2O2. The molecule has 0 saturated heterocycles. The summed E-state index contributed by atoms with van der Waals surface area (Å²) >= 11 is 0. The van der Waals surface area contributed by atoms with E-state index in [1.54, 1.807) is 19.6 Å².